The predicted octanol–water partition coefficient (Wildman–Crippen LogP) is 2.44. The number of hydrogen-bond donors (Lipinski definition) is 0. The number of pyridine rings is 1. The topological polar surface area (TPSA) is 16.1 Å². The highest BCUT2D eigenvalue weighted by atomic mass is 79.9. The third-order valence-electron chi connectivity index (χ3n) is 2.14. The summed E-state index contributed by atoms with van der Waals surface area (Å²) in [6.07, 6.45) is 4.43. The van der Waals surface area contributed by atoms with Gasteiger partial charge in [-0.05, 0) is 40.9 Å². The quantitative estimate of drug-likeness (QED) is 0.732. The van der Waals surface area contributed by atoms with Gasteiger partial charge in [0.15, 0.2) is 0 Å². The number of anilines is 1. The molecule has 3 heteroatoms. The molecule has 0 radical (unpaired) electrons. The molecule has 1 aliphatic rings. The maximum Gasteiger partial charge on any atom is 0.142 e. The van der Waals surface area contributed by atoms with Crippen LogP contribution in [0.2, 0.25) is 0 Å². The van der Waals surface area contributed by atoms with E-state index in [9.17, 15) is 0 Å². The molecule has 0 unspecified atom stereocenters. The van der Waals surface area contributed by atoms with Crippen molar-refractivity contribution in [1.82, 2.24) is 4.98 Å². The molecule has 1 aliphatic heterocycles. The van der Waals surface area contributed by atoms with Crippen LogP contribution in [0.1, 0.15) is 12.8 Å². The van der Waals surface area contributed by atoms with Gasteiger partial charge in [-0.3, -0.25) is 0 Å². The van der Waals surface area contributed by atoms with E-state index in [-0.39, 0.29) is 0 Å². The van der Waals surface area contributed by atoms with Crippen molar-refractivity contribution in [3.8, 4) is 0 Å². The maximum absolute atomic E-state index is 4.34. The van der Waals surface area contributed by atoms with Crippen LogP contribution in [-0.4, -0.2) is 18.1 Å². The minimum atomic E-state index is 1.09. The van der Waals surface area contributed by atoms with Gasteiger partial charge in [0.2, 0.25) is 0 Å². The van der Waals surface area contributed by atoms with Crippen LogP contribution in [0.4, 0.5) is 5.82 Å². The molecule has 0 N–H and O–H groups in total. The van der Waals surface area contributed by atoms with E-state index < -0.39 is 0 Å². The molecule has 1 aromatic heterocycles. The molecule has 1 saturated heterocycles. The first-order valence-electron chi connectivity index (χ1n) is 4.23. The minimum absolute atomic E-state index is 1.09. The largest absolute Gasteiger partial charge is 0.356 e. The molecule has 0 spiro atoms. The lowest BCUT2D eigenvalue weighted by atomic mass is 10.4. The Morgan fingerprint density at radius 2 is 2.08 bits per heavy atom. The van der Waals surface area contributed by atoms with Gasteiger partial charge in [-0.25, -0.2) is 4.98 Å². The number of aromatic nitrogens is 1. The van der Waals surface area contributed by atoms with E-state index in [1.54, 1.807) is 0 Å². The molecule has 2 rings (SSSR count). The lowest BCUT2D eigenvalue weighted by Gasteiger charge is -2.16. The Balaban J connectivity index is 2.26. The summed E-state index contributed by atoms with van der Waals surface area (Å²) in [5, 5.41) is 0. The Labute approximate surface area is 80.7 Å². The molecule has 1 fully saturated rings. The Morgan fingerprint density at radius 3 is 2.75 bits per heavy atom. The van der Waals surface area contributed by atoms with Crippen molar-refractivity contribution in [1.29, 1.82) is 0 Å². The van der Waals surface area contributed by atoms with Gasteiger partial charge in [0.1, 0.15) is 5.82 Å². The lowest BCUT2D eigenvalue weighted by molar-refractivity contribution is 0.933. The van der Waals surface area contributed by atoms with Crippen molar-refractivity contribution in [2.75, 3.05) is 18.0 Å². The van der Waals surface area contributed by atoms with Crippen LogP contribution in [0.15, 0.2) is 22.8 Å². The van der Waals surface area contributed by atoms with Crippen LogP contribution < -0.4 is 4.90 Å². The van der Waals surface area contributed by atoms with Crippen molar-refractivity contribution in [2.24, 2.45) is 0 Å². The van der Waals surface area contributed by atoms with Crippen molar-refractivity contribution < 1.29 is 0 Å². The second-order valence-corrected chi connectivity index (χ2v) is 3.86. The molecule has 0 saturated carbocycles. The van der Waals surface area contributed by atoms with Crippen LogP contribution in [-0.2, 0) is 0 Å². The summed E-state index contributed by atoms with van der Waals surface area (Å²) >= 11 is 3.50. The molecule has 0 aliphatic carbocycles. The Bertz CT molecular complexity index is 269. The van der Waals surface area contributed by atoms with E-state index in [0.717, 1.165) is 23.4 Å². The zero-order chi connectivity index (χ0) is 8.39. The molecule has 0 aromatic carbocycles. The van der Waals surface area contributed by atoms with E-state index in [4.69, 9.17) is 0 Å². The third-order valence-corrected chi connectivity index (χ3v) is 2.76. The molecular weight excluding hydrogens is 216 g/mol. The van der Waals surface area contributed by atoms with Crippen LogP contribution in [0.25, 0.3) is 0 Å². The van der Waals surface area contributed by atoms with Gasteiger partial charge in [-0.1, -0.05) is 0 Å². The van der Waals surface area contributed by atoms with E-state index in [1.807, 2.05) is 18.3 Å². The lowest BCUT2D eigenvalue weighted by Crippen LogP contribution is -2.19. The molecule has 0 bridgehead atoms. The Morgan fingerprint density at radius 1 is 1.33 bits per heavy atom. The monoisotopic (exact) mass is 226 g/mol. The Kier molecular flexibility index (Phi) is 2.30. The Hall–Kier alpha value is -0.570. The normalized spacial score (nSPS) is 16.9. The molecule has 2 heterocycles. The predicted molar refractivity (Wildman–Crippen MR) is 53.4 cm³/mol. The summed E-state index contributed by atoms with van der Waals surface area (Å²) in [4.78, 5) is 6.66. The molecule has 2 nitrogen and oxygen atoms in total. The zero-order valence-corrected chi connectivity index (χ0v) is 8.42. The van der Waals surface area contributed by atoms with E-state index in [0.29, 0.717) is 0 Å². The second kappa shape index (κ2) is 3.44. The van der Waals surface area contributed by atoms with Crippen molar-refractivity contribution >= 4 is 21.7 Å². The van der Waals surface area contributed by atoms with Gasteiger partial charge >= 0.3 is 0 Å². The van der Waals surface area contributed by atoms with Gasteiger partial charge in [0.05, 0.1) is 4.47 Å². The fourth-order valence-corrected chi connectivity index (χ4v) is 2.04. The fraction of sp³-hybridized carbons (Fsp3) is 0.444. The first kappa shape index (κ1) is 8.05. The average Bonchev–Trinajstić information content (AvgIpc) is 2.57. The zero-order valence-electron chi connectivity index (χ0n) is 6.83. The van der Waals surface area contributed by atoms with Gasteiger partial charge in [0, 0.05) is 19.3 Å². The van der Waals surface area contributed by atoms with Crippen molar-refractivity contribution in [2.45, 2.75) is 12.8 Å². The molecule has 1 aromatic rings. The highest BCUT2D eigenvalue weighted by Gasteiger charge is 2.14. The number of hydrogen-bond acceptors (Lipinski definition) is 2. The highest BCUT2D eigenvalue weighted by Crippen LogP contribution is 2.25. The van der Waals surface area contributed by atoms with E-state index in [2.05, 4.69) is 25.8 Å². The van der Waals surface area contributed by atoms with Crippen LogP contribution in [0.5, 0.6) is 0 Å². The van der Waals surface area contributed by atoms with Gasteiger partial charge in [-0.15, -0.1) is 0 Å². The number of halogens is 1. The van der Waals surface area contributed by atoms with E-state index in [1.165, 1.54) is 12.8 Å². The van der Waals surface area contributed by atoms with Gasteiger partial charge in [-0.2, -0.15) is 0 Å². The maximum atomic E-state index is 4.34. The van der Waals surface area contributed by atoms with Gasteiger partial charge < -0.3 is 4.90 Å². The van der Waals surface area contributed by atoms with E-state index >= 15 is 0 Å². The summed E-state index contributed by atoms with van der Waals surface area (Å²) in [5.41, 5.74) is 0. The second-order valence-electron chi connectivity index (χ2n) is 3.00. The molecular formula is C9H11BrN2. The van der Waals surface area contributed by atoms with Crippen LogP contribution in [0.3, 0.4) is 0 Å². The standard InChI is InChI=1S/C9H11BrN2/c10-8-4-3-5-11-9(8)12-6-1-2-7-12/h3-5H,1-2,6-7H2. The highest BCUT2D eigenvalue weighted by molar-refractivity contribution is 9.10. The number of nitrogens with zero attached hydrogens (tertiary/aromatic N) is 2. The summed E-state index contributed by atoms with van der Waals surface area (Å²) in [6, 6.07) is 3.99. The third kappa shape index (κ3) is 1.46. The summed E-state index contributed by atoms with van der Waals surface area (Å²) in [5.74, 6) is 1.09. The molecule has 0 atom stereocenters. The summed E-state index contributed by atoms with van der Waals surface area (Å²) in [7, 11) is 0. The molecule has 0 amide bonds. The minimum Gasteiger partial charge on any atom is -0.356 e. The first-order valence-corrected chi connectivity index (χ1v) is 5.03. The van der Waals surface area contributed by atoms with Crippen LogP contribution >= 0.6 is 15.9 Å². The SMILES string of the molecule is Brc1cccnc1N1CCCC1. The summed E-state index contributed by atoms with van der Waals surface area (Å²) < 4.78 is 1.10. The van der Waals surface area contributed by atoms with Gasteiger partial charge in [0.25, 0.3) is 0 Å². The first-order chi connectivity index (χ1) is 5.88. The van der Waals surface area contributed by atoms with Crippen molar-refractivity contribution in [3.05, 3.63) is 22.8 Å². The fourth-order valence-electron chi connectivity index (χ4n) is 1.54. The van der Waals surface area contributed by atoms with Crippen LogP contribution in [0, 0.1) is 0 Å². The summed E-state index contributed by atoms with van der Waals surface area (Å²) in [6.45, 7) is 2.30. The van der Waals surface area contributed by atoms with Crippen molar-refractivity contribution in [3.63, 3.8) is 0 Å². The molecule has 64 valence electrons. The molecule has 12 heavy (non-hydrogen) atoms. The smallest absolute Gasteiger partial charge is 0.142 e. The average molecular weight is 227 g/mol. The number of rotatable bonds is 1.